The van der Waals surface area contributed by atoms with E-state index < -0.39 is 0 Å². The summed E-state index contributed by atoms with van der Waals surface area (Å²) >= 11 is 6.28. The van der Waals surface area contributed by atoms with Gasteiger partial charge in [0.2, 0.25) is 0 Å². The van der Waals surface area contributed by atoms with Gasteiger partial charge in [-0.15, -0.1) is 0 Å². The van der Waals surface area contributed by atoms with Crippen molar-refractivity contribution in [2.75, 3.05) is 0 Å². The minimum atomic E-state index is -0.0684. The Bertz CT molecular complexity index is 731. The number of hydrogen-bond acceptors (Lipinski definition) is 2. The fraction of sp³-hybridized carbons (Fsp3) is 0.133. The van der Waals surface area contributed by atoms with Crippen molar-refractivity contribution in [3.05, 3.63) is 59.4 Å². The third kappa shape index (κ3) is 2.11. The molecule has 0 aliphatic heterocycles. The summed E-state index contributed by atoms with van der Waals surface area (Å²) in [6.45, 7) is 1.92. The van der Waals surface area contributed by atoms with E-state index in [1.807, 2.05) is 60.3 Å². The number of benzene rings is 2. The molecule has 0 aliphatic carbocycles. The zero-order chi connectivity index (χ0) is 13.4. The first-order valence-electron chi connectivity index (χ1n) is 6.14. The molecule has 0 saturated heterocycles. The zero-order valence-corrected chi connectivity index (χ0v) is 11.3. The summed E-state index contributed by atoms with van der Waals surface area (Å²) < 4.78 is 2.02. The Hall–Kier alpha value is -1.84. The van der Waals surface area contributed by atoms with Gasteiger partial charge >= 0.3 is 0 Å². The lowest BCUT2D eigenvalue weighted by atomic mass is 10.1. The van der Waals surface area contributed by atoms with Gasteiger partial charge in [-0.1, -0.05) is 29.8 Å². The Kier molecular flexibility index (Phi) is 3.01. The van der Waals surface area contributed by atoms with Crippen LogP contribution in [-0.4, -0.2) is 9.55 Å². The first kappa shape index (κ1) is 12.2. The molecule has 1 unspecified atom stereocenters. The van der Waals surface area contributed by atoms with Crippen molar-refractivity contribution in [2.24, 2.45) is 5.73 Å². The van der Waals surface area contributed by atoms with Crippen LogP contribution in [0.15, 0.2) is 48.8 Å². The zero-order valence-electron chi connectivity index (χ0n) is 10.5. The van der Waals surface area contributed by atoms with Crippen molar-refractivity contribution >= 4 is 22.6 Å². The SMILES string of the molecule is CC(N)c1ccc(-n2cnc3ccccc32)cc1Cl. The quantitative estimate of drug-likeness (QED) is 0.772. The summed E-state index contributed by atoms with van der Waals surface area (Å²) in [7, 11) is 0. The third-order valence-electron chi connectivity index (χ3n) is 3.21. The molecule has 3 rings (SSSR count). The largest absolute Gasteiger partial charge is 0.324 e. The molecule has 1 heterocycles. The Morgan fingerprint density at radius 2 is 2.00 bits per heavy atom. The second-order valence-electron chi connectivity index (χ2n) is 4.60. The summed E-state index contributed by atoms with van der Waals surface area (Å²) in [6.07, 6.45) is 1.81. The molecule has 0 aliphatic rings. The molecule has 3 nitrogen and oxygen atoms in total. The first-order chi connectivity index (χ1) is 9.16. The van der Waals surface area contributed by atoms with E-state index in [0.717, 1.165) is 22.3 Å². The van der Waals surface area contributed by atoms with Crippen LogP contribution >= 0.6 is 11.6 Å². The Morgan fingerprint density at radius 3 is 2.74 bits per heavy atom. The van der Waals surface area contributed by atoms with E-state index in [2.05, 4.69) is 4.98 Å². The average Bonchev–Trinajstić information content (AvgIpc) is 2.82. The van der Waals surface area contributed by atoms with Crippen LogP contribution in [-0.2, 0) is 0 Å². The molecular formula is C15H14ClN3. The van der Waals surface area contributed by atoms with Crippen molar-refractivity contribution in [3.8, 4) is 5.69 Å². The number of para-hydroxylation sites is 2. The molecule has 3 aromatic rings. The molecule has 0 bridgehead atoms. The molecule has 0 spiro atoms. The van der Waals surface area contributed by atoms with Crippen molar-refractivity contribution in [1.29, 1.82) is 0 Å². The number of nitrogens with two attached hydrogens (primary N) is 1. The normalized spacial score (nSPS) is 12.8. The molecule has 1 aromatic heterocycles. The first-order valence-corrected chi connectivity index (χ1v) is 6.52. The predicted molar refractivity (Wildman–Crippen MR) is 78.7 cm³/mol. The number of halogens is 1. The molecule has 4 heteroatoms. The van der Waals surface area contributed by atoms with Crippen molar-refractivity contribution in [3.63, 3.8) is 0 Å². The number of rotatable bonds is 2. The lowest BCUT2D eigenvalue weighted by molar-refractivity contribution is 0.818. The molecule has 2 aromatic carbocycles. The Labute approximate surface area is 116 Å². The summed E-state index contributed by atoms with van der Waals surface area (Å²) in [4.78, 5) is 4.38. The van der Waals surface area contributed by atoms with Crippen LogP contribution < -0.4 is 5.73 Å². The van der Waals surface area contributed by atoms with Crippen LogP contribution in [0.2, 0.25) is 5.02 Å². The smallest absolute Gasteiger partial charge is 0.100 e. The van der Waals surface area contributed by atoms with Gasteiger partial charge in [-0.25, -0.2) is 4.98 Å². The maximum absolute atomic E-state index is 6.28. The molecule has 0 amide bonds. The van der Waals surface area contributed by atoms with Crippen LogP contribution in [0.1, 0.15) is 18.5 Å². The van der Waals surface area contributed by atoms with Crippen LogP contribution in [0.3, 0.4) is 0 Å². The van der Waals surface area contributed by atoms with Crippen molar-refractivity contribution in [1.82, 2.24) is 9.55 Å². The molecule has 0 radical (unpaired) electrons. The second kappa shape index (κ2) is 4.68. The van der Waals surface area contributed by atoms with Gasteiger partial charge in [-0.3, -0.25) is 4.57 Å². The second-order valence-corrected chi connectivity index (χ2v) is 5.00. The highest BCUT2D eigenvalue weighted by molar-refractivity contribution is 6.31. The fourth-order valence-corrected chi connectivity index (χ4v) is 2.55. The molecule has 0 saturated carbocycles. The summed E-state index contributed by atoms with van der Waals surface area (Å²) in [5, 5.41) is 0.685. The Morgan fingerprint density at radius 1 is 1.21 bits per heavy atom. The van der Waals surface area contributed by atoms with E-state index in [9.17, 15) is 0 Å². The van der Waals surface area contributed by atoms with Gasteiger partial charge in [0.05, 0.1) is 11.0 Å². The number of fused-ring (bicyclic) bond motifs is 1. The van der Waals surface area contributed by atoms with E-state index in [1.165, 1.54) is 0 Å². The van der Waals surface area contributed by atoms with Crippen LogP contribution in [0.25, 0.3) is 16.7 Å². The van der Waals surface area contributed by atoms with Gasteiger partial charge in [0.15, 0.2) is 0 Å². The van der Waals surface area contributed by atoms with Gasteiger partial charge in [-0.05, 0) is 36.8 Å². The third-order valence-corrected chi connectivity index (χ3v) is 3.53. The van der Waals surface area contributed by atoms with E-state index in [0.29, 0.717) is 5.02 Å². The molecule has 96 valence electrons. The van der Waals surface area contributed by atoms with Gasteiger partial charge in [-0.2, -0.15) is 0 Å². The molecule has 1 atom stereocenters. The van der Waals surface area contributed by atoms with Gasteiger partial charge in [0, 0.05) is 16.8 Å². The topological polar surface area (TPSA) is 43.8 Å². The monoisotopic (exact) mass is 271 g/mol. The maximum Gasteiger partial charge on any atom is 0.100 e. The fourth-order valence-electron chi connectivity index (χ4n) is 2.20. The molecular weight excluding hydrogens is 258 g/mol. The van der Waals surface area contributed by atoms with Gasteiger partial charge in [0.1, 0.15) is 6.33 Å². The number of hydrogen-bond donors (Lipinski definition) is 1. The Balaban J connectivity index is 2.14. The van der Waals surface area contributed by atoms with E-state index in [-0.39, 0.29) is 6.04 Å². The minimum Gasteiger partial charge on any atom is -0.324 e. The molecule has 2 N–H and O–H groups in total. The van der Waals surface area contributed by atoms with Crippen LogP contribution in [0.5, 0.6) is 0 Å². The van der Waals surface area contributed by atoms with Gasteiger partial charge < -0.3 is 5.73 Å². The number of nitrogens with zero attached hydrogens (tertiary/aromatic N) is 2. The number of imidazole rings is 1. The van der Waals surface area contributed by atoms with Crippen LogP contribution in [0.4, 0.5) is 0 Å². The highest BCUT2D eigenvalue weighted by atomic mass is 35.5. The summed E-state index contributed by atoms with van der Waals surface area (Å²) in [6, 6.07) is 13.8. The van der Waals surface area contributed by atoms with Gasteiger partial charge in [0.25, 0.3) is 0 Å². The minimum absolute atomic E-state index is 0.0684. The average molecular weight is 272 g/mol. The van der Waals surface area contributed by atoms with E-state index >= 15 is 0 Å². The highest BCUT2D eigenvalue weighted by Gasteiger charge is 2.09. The maximum atomic E-state index is 6.28. The summed E-state index contributed by atoms with van der Waals surface area (Å²) in [5.41, 5.74) is 9.84. The van der Waals surface area contributed by atoms with Crippen molar-refractivity contribution < 1.29 is 0 Å². The molecule has 19 heavy (non-hydrogen) atoms. The predicted octanol–water partition coefficient (Wildman–Crippen LogP) is 3.70. The van der Waals surface area contributed by atoms with E-state index in [1.54, 1.807) is 0 Å². The number of aromatic nitrogens is 2. The lowest BCUT2D eigenvalue weighted by Gasteiger charge is -2.11. The molecule has 0 fully saturated rings. The standard InChI is InChI=1S/C15H14ClN3/c1-10(17)12-7-6-11(8-13(12)16)19-9-18-14-4-2-3-5-15(14)19/h2-10H,17H2,1H3. The van der Waals surface area contributed by atoms with E-state index in [4.69, 9.17) is 17.3 Å². The lowest BCUT2D eigenvalue weighted by Crippen LogP contribution is -2.06. The summed E-state index contributed by atoms with van der Waals surface area (Å²) in [5.74, 6) is 0. The van der Waals surface area contributed by atoms with Crippen LogP contribution in [0, 0.1) is 0 Å². The highest BCUT2D eigenvalue weighted by Crippen LogP contribution is 2.26. The van der Waals surface area contributed by atoms with Crippen molar-refractivity contribution in [2.45, 2.75) is 13.0 Å².